The van der Waals surface area contributed by atoms with Gasteiger partial charge in [-0.3, -0.25) is 4.79 Å². The smallest absolute Gasteiger partial charge is 0.303 e. The molecule has 0 heterocycles. The first-order valence-electron chi connectivity index (χ1n) is 12.1. The van der Waals surface area contributed by atoms with Crippen LogP contribution in [0.15, 0.2) is 0 Å². The van der Waals surface area contributed by atoms with Crippen LogP contribution in [0.3, 0.4) is 0 Å². The van der Waals surface area contributed by atoms with E-state index in [-0.39, 0.29) is 11.8 Å². The van der Waals surface area contributed by atoms with Gasteiger partial charge in [-0.25, -0.2) is 0 Å². The van der Waals surface area contributed by atoms with Gasteiger partial charge in [-0.2, -0.15) is 5.26 Å². The van der Waals surface area contributed by atoms with Gasteiger partial charge in [-0.1, -0.05) is 58.8 Å². The predicted molar refractivity (Wildman–Crippen MR) is 115 cm³/mol. The first-order valence-corrected chi connectivity index (χ1v) is 12.1. The van der Waals surface area contributed by atoms with Crippen molar-refractivity contribution in [1.29, 1.82) is 5.26 Å². The molecule has 28 heavy (non-hydrogen) atoms. The monoisotopic (exact) mass is 389 g/mol. The van der Waals surface area contributed by atoms with Crippen molar-refractivity contribution in [3.8, 4) is 6.07 Å². The fourth-order valence-electron chi connectivity index (χ4n) is 5.99. The van der Waals surface area contributed by atoms with Gasteiger partial charge in [0.15, 0.2) is 0 Å². The minimum Gasteiger partial charge on any atom is -0.481 e. The van der Waals surface area contributed by atoms with Crippen LogP contribution in [0, 0.1) is 40.4 Å². The molecule has 0 aromatic carbocycles. The summed E-state index contributed by atoms with van der Waals surface area (Å²) in [5.74, 6) is 2.29. The molecule has 0 amide bonds. The van der Waals surface area contributed by atoms with E-state index in [9.17, 15) is 10.1 Å². The number of carboxylic acids is 1. The van der Waals surface area contributed by atoms with Gasteiger partial charge >= 0.3 is 5.97 Å². The Kier molecular flexibility index (Phi) is 9.83. The topological polar surface area (TPSA) is 61.1 Å². The van der Waals surface area contributed by atoms with Crippen molar-refractivity contribution in [3.05, 3.63) is 0 Å². The molecule has 2 fully saturated rings. The number of aliphatic carboxylic acids is 1. The number of hydrogen-bond acceptors (Lipinski definition) is 2. The van der Waals surface area contributed by atoms with Gasteiger partial charge in [0.2, 0.25) is 0 Å². The molecule has 0 unspecified atom stereocenters. The van der Waals surface area contributed by atoms with Gasteiger partial charge in [0.1, 0.15) is 0 Å². The van der Waals surface area contributed by atoms with E-state index in [1.165, 1.54) is 70.6 Å². The summed E-state index contributed by atoms with van der Waals surface area (Å²) in [5.41, 5.74) is -0.203. The van der Waals surface area contributed by atoms with Crippen LogP contribution in [-0.2, 0) is 4.79 Å². The first kappa shape index (κ1) is 23.2. The second kappa shape index (κ2) is 11.8. The minimum absolute atomic E-state index is 0.203. The van der Waals surface area contributed by atoms with Crippen LogP contribution in [0.4, 0.5) is 0 Å². The number of nitrogens with zero attached hydrogens (tertiary/aromatic N) is 1. The number of unbranched alkanes of at least 4 members (excludes halogenated alkanes) is 3. The van der Waals surface area contributed by atoms with Crippen LogP contribution in [0.25, 0.3) is 0 Å². The maximum atomic E-state index is 10.8. The van der Waals surface area contributed by atoms with E-state index >= 15 is 0 Å². The Morgan fingerprint density at radius 3 is 2.25 bits per heavy atom. The zero-order valence-electron chi connectivity index (χ0n) is 18.4. The summed E-state index contributed by atoms with van der Waals surface area (Å²) in [4.78, 5) is 10.8. The highest BCUT2D eigenvalue weighted by atomic mass is 16.4. The quantitative estimate of drug-likeness (QED) is 0.376. The highest BCUT2D eigenvalue weighted by Crippen LogP contribution is 2.49. The van der Waals surface area contributed by atoms with E-state index in [0.717, 1.165) is 37.0 Å². The largest absolute Gasteiger partial charge is 0.481 e. The molecule has 0 saturated heterocycles. The molecule has 0 aromatic rings. The van der Waals surface area contributed by atoms with Crippen molar-refractivity contribution in [3.63, 3.8) is 0 Å². The summed E-state index contributed by atoms with van der Waals surface area (Å²) in [5, 5.41) is 18.8. The van der Waals surface area contributed by atoms with Gasteiger partial charge in [-0.15, -0.1) is 0 Å². The van der Waals surface area contributed by atoms with Crippen LogP contribution in [0.1, 0.15) is 117 Å². The lowest BCUT2D eigenvalue weighted by Crippen LogP contribution is -2.35. The Morgan fingerprint density at radius 2 is 1.68 bits per heavy atom. The molecule has 0 spiro atoms. The van der Waals surface area contributed by atoms with Gasteiger partial charge in [0.05, 0.1) is 11.5 Å². The zero-order valence-corrected chi connectivity index (χ0v) is 18.4. The molecule has 3 heteroatoms. The van der Waals surface area contributed by atoms with Crippen molar-refractivity contribution in [2.75, 3.05) is 0 Å². The first-order chi connectivity index (χ1) is 13.5. The normalized spacial score (nSPS) is 31.8. The molecule has 160 valence electrons. The van der Waals surface area contributed by atoms with Crippen molar-refractivity contribution in [2.45, 2.75) is 117 Å². The highest BCUT2D eigenvalue weighted by molar-refractivity contribution is 5.66. The molecule has 2 saturated carbocycles. The highest BCUT2D eigenvalue weighted by Gasteiger charge is 2.41. The third kappa shape index (κ3) is 6.78. The summed E-state index contributed by atoms with van der Waals surface area (Å²) in [7, 11) is 0. The molecular formula is C25H43NO2. The molecule has 1 N–H and O–H groups in total. The van der Waals surface area contributed by atoms with Crippen molar-refractivity contribution in [2.24, 2.45) is 29.1 Å². The molecule has 0 aliphatic heterocycles. The van der Waals surface area contributed by atoms with E-state index in [0.29, 0.717) is 12.3 Å². The molecule has 0 radical (unpaired) electrons. The molecule has 0 aromatic heterocycles. The Morgan fingerprint density at radius 1 is 1.04 bits per heavy atom. The van der Waals surface area contributed by atoms with Crippen LogP contribution < -0.4 is 0 Å². The van der Waals surface area contributed by atoms with E-state index in [2.05, 4.69) is 19.9 Å². The summed E-state index contributed by atoms with van der Waals surface area (Å²) in [6.45, 7) is 4.46. The van der Waals surface area contributed by atoms with Crippen LogP contribution in [0.5, 0.6) is 0 Å². The minimum atomic E-state index is -0.720. The number of nitriles is 1. The van der Waals surface area contributed by atoms with Crippen molar-refractivity contribution in [1.82, 2.24) is 0 Å². The summed E-state index contributed by atoms with van der Waals surface area (Å²) in [6, 6.07) is 2.67. The summed E-state index contributed by atoms with van der Waals surface area (Å²) in [6.07, 6.45) is 19.0. The van der Waals surface area contributed by atoms with Crippen molar-refractivity contribution < 1.29 is 9.90 Å². The molecule has 3 nitrogen and oxygen atoms in total. The lowest BCUT2D eigenvalue weighted by Gasteiger charge is -2.43. The SMILES string of the molecule is CCCCCCC1CCC(C2CCC(C#N)([C@@H](C)CCCC(=O)O)CC2)CC1. The average Bonchev–Trinajstić information content (AvgIpc) is 2.71. The predicted octanol–water partition coefficient (Wildman–Crippen LogP) is 7.35. The Balaban J connectivity index is 1.72. The number of carboxylic acid groups (broad SMARTS) is 1. The molecule has 2 aliphatic rings. The molecule has 1 atom stereocenters. The lowest BCUT2D eigenvalue weighted by atomic mass is 9.60. The Hall–Kier alpha value is -1.04. The molecular weight excluding hydrogens is 346 g/mol. The van der Waals surface area contributed by atoms with E-state index in [1.54, 1.807) is 0 Å². The number of carbonyl (C=O) groups is 1. The zero-order chi connectivity index (χ0) is 20.4. The third-order valence-corrected chi connectivity index (χ3v) is 8.14. The third-order valence-electron chi connectivity index (χ3n) is 8.14. The maximum Gasteiger partial charge on any atom is 0.303 e. The van der Waals surface area contributed by atoms with Crippen LogP contribution >= 0.6 is 0 Å². The van der Waals surface area contributed by atoms with E-state index < -0.39 is 5.97 Å². The molecule has 2 aliphatic carbocycles. The van der Waals surface area contributed by atoms with Gasteiger partial charge in [0, 0.05) is 6.42 Å². The lowest BCUT2D eigenvalue weighted by molar-refractivity contribution is -0.137. The van der Waals surface area contributed by atoms with Gasteiger partial charge < -0.3 is 5.11 Å². The van der Waals surface area contributed by atoms with E-state index in [4.69, 9.17) is 5.11 Å². The summed E-state index contributed by atoms with van der Waals surface area (Å²) >= 11 is 0. The fourth-order valence-corrected chi connectivity index (χ4v) is 5.99. The second-order valence-corrected chi connectivity index (χ2v) is 9.92. The Labute approximate surface area is 173 Å². The van der Waals surface area contributed by atoms with Crippen molar-refractivity contribution >= 4 is 5.97 Å². The van der Waals surface area contributed by atoms with E-state index in [1.807, 2.05) is 0 Å². The standard InChI is InChI=1S/C25H43NO2/c1-3-4-5-6-9-21-11-13-22(14-12-21)23-15-17-25(19-26,18-16-23)20(2)8-7-10-24(27)28/h20-23H,3-18H2,1-2H3,(H,27,28)/t20-,21?,22?,23?,25?/m0/s1. The Bertz CT molecular complexity index is 493. The van der Waals surface area contributed by atoms with Crippen LogP contribution in [-0.4, -0.2) is 11.1 Å². The average molecular weight is 390 g/mol. The molecule has 2 rings (SSSR count). The second-order valence-electron chi connectivity index (χ2n) is 9.92. The van der Waals surface area contributed by atoms with Crippen LogP contribution in [0.2, 0.25) is 0 Å². The van der Waals surface area contributed by atoms with Gasteiger partial charge in [-0.05, 0) is 75.0 Å². The number of rotatable bonds is 11. The van der Waals surface area contributed by atoms with Gasteiger partial charge in [0.25, 0.3) is 0 Å². The summed E-state index contributed by atoms with van der Waals surface area (Å²) < 4.78 is 0. The maximum absolute atomic E-state index is 10.8. The fraction of sp³-hybridized carbons (Fsp3) is 0.920. The number of hydrogen-bond donors (Lipinski definition) is 1. The molecule has 0 bridgehead atoms.